The lowest BCUT2D eigenvalue weighted by molar-refractivity contribution is 0.269. The van der Waals surface area contributed by atoms with Crippen molar-refractivity contribution >= 4 is 10.9 Å². The van der Waals surface area contributed by atoms with Crippen LogP contribution in [0.5, 0.6) is 5.75 Å². The number of aromatic nitrogens is 1. The van der Waals surface area contributed by atoms with Gasteiger partial charge in [0, 0.05) is 22.6 Å². The summed E-state index contributed by atoms with van der Waals surface area (Å²) in [6.07, 6.45) is 0. The van der Waals surface area contributed by atoms with E-state index >= 15 is 0 Å². The van der Waals surface area contributed by atoms with Crippen LogP contribution in [-0.4, -0.2) is 14.8 Å². The van der Waals surface area contributed by atoms with Crippen LogP contribution < -0.4 is 0 Å². The van der Waals surface area contributed by atoms with Crippen molar-refractivity contribution in [3.8, 4) is 5.75 Å². The fourth-order valence-electron chi connectivity index (χ4n) is 2.01. The molecule has 0 fully saturated rings. The Kier molecular flexibility index (Phi) is 2.40. The largest absolute Gasteiger partial charge is 0.508 e. The normalized spacial score (nSPS) is 11.5. The molecule has 2 N–H and O–H groups in total. The van der Waals surface area contributed by atoms with Crippen LogP contribution in [0.25, 0.3) is 10.9 Å². The standard InChI is InChI=1S/C12H15NO2/c1-8(2)13-10(7-14)5-9-6-11(15)3-4-12(9)13/h3-6,8,14-15H,7H2,1-2H3. The molecule has 0 bridgehead atoms. The highest BCUT2D eigenvalue weighted by atomic mass is 16.3. The SMILES string of the molecule is CC(C)n1c(CO)cc2cc(O)ccc21. The van der Waals surface area contributed by atoms with Gasteiger partial charge in [-0.3, -0.25) is 0 Å². The summed E-state index contributed by atoms with van der Waals surface area (Å²) >= 11 is 0. The maximum Gasteiger partial charge on any atom is 0.116 e. The molecular formula is C12H15NO2. The highest BCUT2D eigenvalue weighted by Gasteiger charge is 2.10. The van der Waals surface area contributed by atoms with E-state index in [0.29, 0.717) is 6.04 Å². The van der Waals surface area contributed by atoms with Crippen LogP contribution in [0.4, 0.5) is 0 Å². The number of aliphatic hydroxyl groups excluding tert-OH is 1. The number of aromatic hydroxyl groups is 1. The second-order valence-corrected chi connectivity index (χ2v) is 4.00. The van der Waals surface area contributed by atoms with E-state index in [2.05, 4.69) is 18.4 Å². The Bertz CT molecular complexity index is 486. The molecule has 1 heterocycles. The first-order chi connectivity index (χ1) is 7.13. The molecule has 0 aliphatic carbocycles. The molecule has 0 unspecified atom stereocenters. The van der Waals surface area contributed by atoms with Crippen molar-refractivity contribution < 1.29 is 10.2 Å². The molecule has 0 spiro atoms. The summed E-state index contributed by atoms with van der Waals surface area (Å²) in [6.45, 7) is 4.17. The molecule has 0 saturated carbocycles. The van der Waals surface area contributed by atoms with E-state index in [1.165, 1.54) is 0 Å². The summed E-state index contributed by atoms with van der Waals surface area (Å²) in [5.41, 5.74) is 1.93. The molecule has 0 radical (unpaired) electrons. The van der Waals surface area contributed by atoms with Crippen LogP contribution in [0, 0.1) is 0 Å². The predicted molar refractivity (Wildman–Crippen MR) is 59.9 cm³/mol. The van der Waals surface area contributed by atoms with Gasteiger partial charge in [0.2, 0.25) is 0 Å². The topological polar surface area (TPSA) is 45.4 Å². The Morgan fingerprint density at radius 2 is 2.00 bits per heavy atom. The first-order valence-electron chi connectivity index (χ1n) is 5.07. The Hall–Kier alpha value is -1.48. The fraction of sp³-hybridized carbons (Fsp3) is 0.333. The van der Waals surface area contributed by atoms with Crippen molar-refractivity contribution in [3.63, 3.8) is 0 Å². The van der Waals surface area contributed by atoms with E-state index in [1.54, 1.807) is 12.1 Å². The summed E-state index contributed by atoms with van der Waals surface area (Å²) in [4.78, 5) is 0. The maximum atomic E-state index is 9.37. The van der Waals surface area contributed by atoms with E-state index in [1.807, 2.05) is 12.1 Å². The van der Waals surface area contributed by atoms with E-state index < -0.39 is 0 Å². The second kappa shape index (κ2) is 3.59. The van der Waals surface area contributed by atoms with Gasteiger partial charge in [0.15, 0.2) is 0 Å². The minimum absolute atomic E-state index is 0.0215. The van der Waals surface area contributed by atoms with E-state index in [0.717, 1.165) is 16.6 Å². The number of hydrogen-bond acceptors (Lipinski definition) is 2. The number of hydrogen-bond donors (Lipinski definition) is 2. The van der Waals surface area contributed by atoms with Crippen molar-refractivity contribution in [2.45, 2.75) is 26.5 Å². The summed E-state index contributed by atoms with van der Waals surface area (Å²) in [7, 11) is 0. The van der Waals surface area contributed by atoms with Gasteiger partial charge < -0.3 is 14.8 Å². The first-order valence-corrected chi connectivity index (χ1v) is 5.07. The first kappa shape index (κ1) is 10.1. The molecule has 15 heavy (non-hydrogen) atoms. The van der Waals surface area contributed by atoms with Gasteiger partial charge in [-0.25, -0.2) is 0 Å². The van der Waals surface area contributed by atoms with Crippen molar-refractivity contribution in [2.24, 2.45) is 0 Å². The lowest BCUT2D eigenvalue weighted by Gasteiger charge is -2.13. The summed E-state index contributed by atoms with van der Waals surface area (Å²) in [5.74, 6) is 0.257. The molecule has 0 saturated heterocycles. The summed E-state index contributed by atoms with van der Waals surface area (Å²) in [5, 5.41) is 19.6. The number of phenolic OH excluding ortho intramolecular Hbond substituents is 1. The molecule has 0 amide bonds. The summed E-state index contributed by atoms with van der Waals surface area (Å²) in [6, 6.07) is 7.48. The van der Waals surface area contributed by atoms with Gasteiger partial charge in [-0.1, -0.05) is 0 Å². The minimum atomic E-state index is 0.0215. The number of fused-ring (bicyclic) bond motifs is 1. The summed E-state index contributed by atoms with van der Waals surface area (Å²) < 4.78 is 2.08. The molecule has 1 aromatic heterocycles. The third kappa shape index (κ3) is 1.59. The predicted octanol–water partition coefficient (Wildman–Crippen LogP) is 2.42. The number of nitrogens with zero attached hydrogens (tertiary/aromatic N) is 1. The van der Waals surface area contributed by atoms with Gasteiger partial charge in [-0.2, -0.15) is 0 Å². The molecule has 1 aromatic carbocycles. The monoisotopic (exact) mass is 205 g/mol. The van der Waals surface area contributed by atoms with Crippen molar-refractivity contribution in [3.05, 3.63) is 30.0 Å². The number of rotatable bonds is 2. The Morgan fingerprint density at radius 3 is 2.60 bits per heavy atom. The minimum Gasteiger partial charge on any atom is -0.508 e. The zero-order valence-corrected chi connectivity index (χ0v) is 8.94. The molecule has 2 rings (SSSR count). The van der Waals surface area contributed by atoms with Crippen molar-refractivity contribution in [1.82, 2.24) is 4.57 Å². The maximum absolute atomic E-state index is 9.37. The lowest BCUT2D eigenvalue weighted by Crippen LogP contribution is -2.04. The van der Waals surface area contributed by atoms with Crippen LogP contribution >= 0.6 is 0 Å². The van der Waals surface area contributed by atoms with Gasteiger partial charge in [0.05, 0.1) is 6.61 Å². The van der Waals surface area contributed by atoms with E-state index in [9.17, 15) is 10.2 Å². The Balaban J connectivity index is 2.74. The number of aliphatic hydroxyl groups is 1. The highest BCUT2D eigenvalue weighted by Crippen LogP contribution is 2.26. The molecule has 3 nitrogen and oxygen atoms in total. The zero-order valence-electron chi connectivity index (χ0n) is 8.94. The van der Waals surface area contributed by atoms with Crippen LogP contribution in [0.15, 0.2) is 24.3 Å². The smallest absolute Gasteiger partial charge is 0.116 e. The fourth-order valence-corrected chi connectivity index (χ4v) is 2.01. The Morgan fingerprint density at radius 1 is 1.27 bits per heavy atom. The van der Waals surface area contributed by atoms with Gasteiger partial charge >= 0.3 is 0 Å². The van der Waals surface area contributed by atoms with E-state index in [4.69, 9.17) is 0 Å². The van der Waals surface area contributed by atoms with Crippen LogP contribution in [0.1, 0.15) is 25.6 Å². The third-order valence-electron chi connectivity index (χ3n) is 2.58. The van der Waals surface area contributed by atoms with Crippen LogP contribution in [-0.2, 0) is 6.61 Å². The van der Waals surface area contributed by atoms with E-state index in [-0.39, 0.29) is 12.4 Å². The zero-order chi connectivity index (χ0) is 11.0. The second-order valence-electron chi connectivity index (χ2n) is 4.00. The number of phenols is 1. The van der Waals surface area contributed by atoms with Gasteiger partial charge in [-0.05, 0) is 38.1 Å². The van der Waals surface area contributed by atoms with Gasteiger partial charge in [0.1, 0.15) is 5.75 Å². The molecule has 3 heteroatoms. The molecular weight excluding hydrogens is 190 g/mol. The van der Waals surface area contributed by atoms with Gasteiger partial charge in [0.25, 0.3) is 0 Å². The Labute approximate surface area is 88.6 Å². The molecule has 0 aliphatic rings. The molecule has 0 atom stereocenters. The van der Waals surface area contributed by atoms with Crippen molar-refractivity contribution in [1.29, 1.82) is 0 Å². The third-order valence-corrected chi connectivity index (χ3v) is 2.58. The molecule has 2 aromatic rings. The lowest BCUT2D eigenvalue weighted by atomic mass is 10.2. The highest BCUT2D eigenvalue weighted by molar-refractivity contribution is 5.83. The van der Waals surface area contributed by atoms with Crippen LogP contribution in [0.3, 0.4) is 0 Å². The van der Waals surface area contributed by atoms with Crippen molar-refractivity contribution in [2.75, 3.05) is 0 Å². The van der Waals surface area contributed by atoms with Crippen LogP contribution in [0.2, 0.25) is 0 Å². The van der Waals surface area contributed by atoms with Gasteiger partial charge in [-0.15, -0.1) is 0 Å². The quantitative estimate of drug-likeness (QED) is 0.790. The molecule has 0 aliphatic heterocycles. The average molecular weight is 205 g/mol. The molecule has 80 valence electrons. The average Bonchev–Trinajstić information content (AvgIpc) is 2.54. The number of benzene rings is 1.